The fourth-order valence-corrected chi connectivity index (χ4v) is 1.94. The Morgan fingerprint density at radius 2 is 1.93 bits per heavy atom. The third-order valence-corrected chi connectivity index (χ3v) is 3.16. The quantitative estimate of drug-likeness (QED) is 0.704. The zero-order valence-corrected chi connectivity index (χ0v) is 9.25. The zero-order valence-electron chi connectivity index (χ0n) is 6.98. The lowest BCUT2D eigenvalue weighted by Gasteiger charge is -2.20. The van der Waals surface area contributed by atoms with Crippen molar-refractivity contribution < 1.29 is 4.79 Å². The number of hydrogen-bond donors (Lipinski definition) is 1. The van der Waals surface area contributed by atoms with Gasteiger partial charge in [0.1, 0.15) is 5.38 Å². The van der Waals surface area contributed by atoms with Gasteiger partial charge in [-0.2, -0.15) is 0 Å². The Hall–Kier alpha value is -0.440. The van der Waals surface area contributed by atoms with Gasteiger partial charge in [-0.05, 0) is 24.1 Å². The number of amides is 1. The lowest BCUT2D eigenvalue weighted by atomic mass is 10.0. The molecule has 0 fully saturated rings. The van der Waals surface area contributed by atoms with Crippen LogP contribution in [0.1, 0.15) is 5.56 Å². The minimum Gasteiger partial charge on any atom is -0.324 e. The zero-order chi connectivity index (χ0) is 10.3. The maximum Gasteiger partial charge on any atom is 0.242 e. The average Bonchev–Trinajstić information content (AvgIpc) is 2.11. The van der Waals surface area contributed by atoms with Crippen LogP contribution in [0.15, 0.2) is 12.1 Å². The van der Waals surface area contributed by atoms with Crippen LogP contribution in [0.5, 0.6) is 0 Å². The number of anilines is 1. The first-order valence-electron chi connectivity index (χ1n) is 4.01. The van der Waals surface area contributed by atoms with E-state index in [2.05, 4.69) is 5.32 Å². The summed E-state index contributed by atoms with van der Waals surface area (Å²) < 4.78 is 0. The molecule has 5 heteroatoms. The van der Waals surface area contributed by atoms with Crippen molar-refractivity contribution in [2.24, 2.45) is 0 Å². The molecular weight excluding hydrogens is 244 g/mol. The Labute approximate surface area is 96.1 Å². The van der Waals surface area contributed by atoms with Crippen molar-refractivity contribution in [3.63, 3.8) is 0 Å². The van der Waals surface area contributed by atoms with Gasteiger partial charge in [-0.15, -0.1) is 11.6 Å². The van der Waals surface area contributed by atoms with Crippen molar-refractivity contribution in [2.75, 3.05) is 5.32 Å². The minimum atomic E-state index is -0.528. The van der Waals surface area contributed by atoms with Crippen LogP contribution in [0, 0.1) is 0 Å². The van der Waals surface area contributed by atoms with E-state index in [-0.39, 0.29) is 5.91 Å². The highest BCUT2D eigenvalue weighted by atomic mass is 35.5. The monoisotopic (exact) mass is 249 g/mol. The summed E-state index contributed by atoms with van der Waals surface area (Å²) in [6.07, 6.45) is 0.486. The number of nitrogens with one attached hydrogen (secondary N) is 1. The van der Waals surface area contributed by atoms with Crippen molar-refractivity contribution >= 4 is 46.4 Å². The maximum atomic E-state index is 11.2. The maximum absolute atomic E-state index is 11.2. The molecule has 1 atom stereocenters. The molecule has 0 saturated heterocycles. The lowest BCUT2D eigenvalue weighted by molar-refractivity contribution is -0.116. The minimum absolute atomic E-state index is 0.197. The number of halogens is 3. The van der Waals surface area contributed by atoms with Crippen LogP contribution < -0.4 is 5.32 Å². The van der Waals surface area contributed by atoms with E-state index in [9.17, 15) is 4.79 Å². The third kappa shape index (κ3) is 1.70. The van der Waals surface area contributed by atoms with Gasteiger partial charge in [0.15, 0.2) is 0 Å². The molecule has 0 spiro atoms. The number of carbonyl (C=O) groups excluding carboxylic acids is 1. The number of hydrogen-bond acceptors (Lipinski definition) is 1. The van der Waals surface area contributed by atoms with Gasteiger partial charge in [0.2, 0.25) is 5.91 Å². The molecule has 1 unspecified atom stereocenters. The first-order valence-corrected chi connectivity index (χ1v) is 5.20. The Morgan fingerprint density at radius 1 is 1.29 bits per heavy atom. The number of rotatable bonds is 0. The molecule has 0 radical (unpaired) electrons. The molecule has 0 aromatic heterocycles. The molecule has 1 aliphatic rings. The van der Waals surface area contributed by atoms with Crippen molar-refractivity contribution in [3.8, 4) is 0 Å². The summed E-state index contributed by atoms with van der Waals surface area (Å²) >= 11 is 17.5. The molecule has 1 aromatic rings. The van der Waals surface area contributed by atoms with Crippen LogP contribution >= 0.6 is 34.8 Å². The van der Waals surface area contributed by atoms with E-state index < -0.39 is 5.38 Å². The van der Waals surface area contributed by atoms with E-state index in [1.165, 1.54) is 0 Å². The highest BCUT2D eigenvalue weighted by Gasteiger charge is 2.24. The van der Waals surface area contributed by atoms with Crippen LogP contribution in [-0.4, -0.2) is 11.3 Å². The summed E-state index contributed by atoms with van der Waals surface area (Å²) in [6.45, 7) is 0. The Bertz CT molecular complexity index is 405. The van der Waals surface area contributed by atoms with E-state index in [0.29, 0.717) is 22.2 Å². The number of carbonyl (C=O) groups is 1. The summed E-state index contributed by atoms with van der Waals surface area (Å²) in [6, 6.07) is 3.37. The molecule has 74 valence electrons. The second-order valence-corrected chi connectivity index (χ2v) is 4.43. The molecule has 1 heterocycles. The van der Waals surface area contributed by atoms with E-state index in [1.807, 2.05) is 0 Å². The molecular formula is C9H6Cl3NO. The van der Waals surface area contributed by atoms with Crippen LogP contribution in [0.25, 0.3) is 0 Å². The highest BCUT2D eigenvalue weighted by Crippen LogP contribution is 2.32. The molecule has 1 N–H and O–H groups in total. The van der Waals surface area contributed by atoms with E-state index in [4.69, 9.17) is 34.8 Å². The molecule has 0 bridgehead atoms. The molecule has 14 heavy (non-hydrogen) atoms. The largest absolute Gasteiger partial charge is 0.324 e. The van der Waals surface area contributed by atoms with Gasteiger partial charge < -0.3 is 5.32 Å². The average molecular weight is 251 g/mol. The fourth-order valence-electron chi connectivity index (χ4n) is 1.37. The van der Waals surface area contributed by atoms with Gasteiger partial charge in [0, 0.05) is 5.69 Å². The molecule has 1 aromatic carbocycles. The number of alkyl halides is 1. The standard InChI is InChI=1S/C9H6Cl3NO/c10-5-1-4-2-7(12)9(14)13-8(4)3-6(5)11/h1,3,7H,2H2,(H,13,14). The molecule has 0 aliphatic carbocycles. The topological polar surface area (TPSA) is 29.1 Å². The SMILES string of the molecule is O=C1Nc2cc(Cl)c(Cl)cc2CC1Cl. The Kier molecular flexibility index (Phi) is 2.60. The number of fused-ring (bicyclic) bond motifs is 1. The predicted octanol–water partition coefficient (Wildman–Crippen LogP) is 3.10. The summed E-state index contributed by atoms with van der Waals surface area (Å²) in [5.41, 5.74) is 1.61. The third-order valence-electron chi connectivity index (χ3n) is 2.09. The Balaban J connectivity index is 2.47. The van der Waals surface area contributed by atoms with Crippen LogP contribution in [0.4, 0.5) is 5.69 Å². The van der Waals surface area contributed by atoms with Crippen molar-refractivity contribution in [1.82, 2.24) is 0 Å². The van der Waals surface area contributed by atoms with Crippen molar-refractivity contribution in [2.45, 2.75) is 11.8 Å². The molecule has 0 saturated carbocycles. The molecule has 2 nitrogen and oxygen atoms in total. The number of benzene rings is 1. The first kappa shape index (κ1) is 10.1. The van der Waals surface area contributed by atoms with Crippen LogP contribution in [0.2, 0.25) is 10.0 Å². The summed E-state index contributed by atoms with van der Waals surface area (Å²) in [7, 11) is 0. The van der Waals surface area contributed by atoms with E-state index in [0.717, 1.165) is 5.56 Å². The van der Waals surface area contributed by atoms with Crippen molar-refractivity contribution in [1.29, 1.82) is 0 Å². The van der Waals surface area contributed by atoms with E-state index in [1.54, 1.807) is 12.1 Å². The summed E-state index contributed by atoms with van der Waals surface area (Å²) in [5.74, 6) is -0.197. The summed E-state index contributed by atoms with van der Waals surface area (Å²) in [4.78, 5) is 11.2. The predicted molar refractivity (Wildman–Crippen MR) is 58.4 cm³/mol. The van der Waals surface area contributed by atoms with Crippen LogP contribution in [0.3, 0.4) is 0 Å². The second kappa shape index (κ2) is 3.61. The normalized spacial score (nSPS) is 20.2. The second-order valence-electron chi connectivity index (χ2n) is 3.08. The van der Waals surface area contributed by atoms with Gasteiger partial charge in [-0.25, -0.2) is 0 Å². The van der Waals surface area contributed by atoms with Crippen molar-refractivity contribution in [3.05, 3.63) is 27.7 Å². The van der Waals surface area contributed by atoms with Crippen LogP contribution in [-0.2, 0) is 11.2 Å². The van der Waals surface area contributed by atoms with Gasteiger partial charge in [0.25, 0.3) is 0 Å². The van der Waals surface area contributed by atoms with Gasteiger partial charge in [-0.1, -0.05) is 23.2 Å². The van der Waals surface area contributed by atoms with Gasteiger partial charge >= 0.3 is 0 Å². The molecule has 1 aliphatic heterocycles. The highest BCUT2D eigenvalue weighted by molar-refractivity contribution is 6.42. The molecule has 1 amide bonds. The van der Waals surface area contributed by atoms with Gasteiger partial charge in [0.05, 0.1) is 10.0 Å². The van der Waals surface area contributed by atoms with E-state index >= 15 is 0 Å². The fraction of sp³-hybridized carbons (Fsp3) is 0.222. The Morgan fingerprint density at radius 3 is 2.64 bits per heavy atom. The smallest absolute Gasteiger partial charge is 0.242 e. The molecule has 2 rings (SSSR count). The summed E-state index contributed by atoms with van der Waals surface area (Å²) in [5, 5.41) is 3.04. The lowest BCUT2D eigenvalue weighted by Crippen LogP contribution is -2.30. The van der Waals surface area contributed by atoms with Gasteiger partial charge in [-0.3, -0.25) is 4.79 Å². The first-order chi connectivity index (χ1) is 6.58.